The summed E-state index contributed by atoms with van der Waals surface area (Å²) < 4.78 is 0. The summed E-state index contributed by atoms with van der Waals surface area (Å²) >= 11 is 0.978. The van der Waals surface area contributed by atoms with Gasteiger partial charge in [-0.25, -0.2) is 0 Å². The third-order valence-corrected chi connectivity index (χ3v) is 3.71. The standard InChI is InChI=1S/C8H18Se.Li.H/c1-3-5-7-9-8-6-4-2;;/h3-8H2,1-2H3;;. The van der Waals surface area contributed by atoms with Gasteiger partial charge in [0.2, 0.25) is 0 Å². The molecule has 0 spiro atoms. The maximum atomic E-state index is 2.27. The van der Waals surface area contributed by atoms with Crippen molar-refractivity contribution in [1.82, 2.24) is 0 Å². The van der Waals surface area contributed by atoms with E-state index < -0.39 is 0 Å². The Labute approximate surface area is 83.9 Å². The zero-order chi connectivity index (χ0) is 6.95. The van der Waals surface area contributed by atoms with E-state index in [0.29, 0.717) is 0 Å². The predicted octanol–water partition coefficient (Wildman–Crippen LogP) is 2.48. The van der Waals surface area contributed by atoms with Gasteiger partial charge in [-0.1, -0.05) is 0 Å². The molecule has 0 amide bonds. The molecular formula is C8H19LiSe. The minimum atomic E-state index is 0. The fourth-order valence-corrected chi connectivity index (χ4v) is 3.09. The first-order valence-corrected chi connectivity index (χ1v) is 6.41. The molecule has 0 unspecified atom stereocenters. The molecule has 0 aliphatic heterocycles. The average Bonchev–Trinajstić information content (AvgIpc) is 1.89. The van der Waals surface area contributed by atoms with Gasteiger partial charge >= 0.3 is 84.0 Å². The van der Waals surface area contributed by atoms with E-state index in [0.717, 1.165) is 15.0 Å². The van der Waals surface area contributed by atoms with Crippen molar-refractivity contribution in [3.05, 3.63) is 0 Å². The van der Waals surface area contributed by atoms with Crippen LogP contribution < -0.4 is 0 Å². The molecule has 2 heteroatoms. The minimum absolute atomic E-state index is 0. The van der Waals surface area contributed by atoms with Crippen LogP contribution in [0.1, 0.15) is 39.5 Å². The van der Waals surface area contributed by atoms with Crippen molar-refractivity contribution in [3.8, 4) is 0 Å². The Morgan fingerprint density at radius 1 is 0.900 bits per heavy atom. The number of rotatable bonds is 6. The van der Waals surface area contributed by atoms with Gasteiger partial charge in [0.1, 0.15) is 0 Å². The molecule has 0 aromatic heterocycles. The Morgan fingerprint density at radius 3 is 1.60 bits per heavy atom. The van der Waals surface area contributed by atoms with E-state index in [9.17, 15) is 0 Å². The maximum absolute atomic E-state index is 2.27. The van der Waals surface area contributed by atoms with Gasteiger partial charge in [-0.05, 0) is 0 Å². The average molecular weight is 201 g/mol. The SMILES string of the molecule is CCCC[Se]CCCC.[LiH]. The molecule has 0 N–H and O–H groups in total. The second-order valence-corrected chi connectivity index (χ2v) is 4.89. The Morgan fingerprint density at radius 2 is 1.30 bits per heavy atom. The van der Waals surface area contributed by atoms with Crippen molar-refractivity contribution < 1.29 is 0 Å². The van der Waals surface area contributed by atoms with E-state index in [2.05, 4.69) is 13.8 Å². The van der Waals surface area contributed by atoms with E-state index in [-0.39, 0.29) is 18.9 Å². The van der Waals surface area contributed by atoms with Crippen LogP contribution in [-0.2, 0) is 0 Å². The van der Waals surface area contributed by atoms with E-state index in [4.69, 9.17) is 0 Å². The van der Waals surface area contributed by atoms with Crippen molar-refractivity contribution in [2.75, 3.05) is 0 Å². The van der Waals surface area contributed by atoms with Crippen LogP contribution in [0, 0.1) is 0 Å². The van der Waals surface area contributed by atoms with Crippen molar-refractivity contribution in [3.63, 3.8) is 0 Å². The summed E-state index contributed by atoms with van der Waals surface area (Å²) in [5.41, 5.74) is 0. The van der Waals surface area contributed by atoms with Gasteiger partial charge in [0.25, 0.3) is 0 Å². The Bertz CT molecular complexity index is 42.5. The topological polar surface area (TPSA) is 0 Å². The number of unbranched alkanes of at least 4 members (excludes halogenated alkanes) is 2. The molecule has 10 heavy (non-hydrogen) atoms. The Hall–Kier alpha value is 1.12. The molecule has 58 valence electrons. The van der Waals surface area contributed by atoms with Crippen molar-refractivity contribution in [1.29, 1.82) is 0 Å². The van der Waals surface area contributed by atoms with Gasteiger partial charge in [-0.2, -0.15) is 0 Å². The summed E-state index contributed by atoms with van der Waals surface area (Å²) in [6.45, 7) is 4.55. The van der Waals surface area contributed by atoms with Crippen LogP contribution in [0.4, 0.5) is 0 Å². The first-order chi connectivity index (χ1) is 4.41. The quantitative estimate of drug-likeness (QED) is 0.457. The summed E-state index contributed by atoms with van der Waals surface area (Å²) in [5, 5.41) is 3.03. The van der Waals surface area contributed by atoms with Crippen LogP contribution in [0.25, 0.3) is 0 Å². The molecule has 0 aliphatic carbocycles. The summed E-state index contributed by atoms with van der Waals surface area (Å²) in [6, 6.07) is 0. The van der Waals surface area contributed by atoms with Gasteiger partial charge in [-0.15, -0.1) is 0 Å². The predicted molar refractivity (Wildman–Crippen MR) is 52.3 cm³/mol. The van der Waals surface area contributed by atoms with Crippen LogP contribution in [0.3, 0.4) is 0 Å². The molecule has 0 radical (unpaired) electrons. The molecular weight excluding hydrogens is 182 g/mol. The van der Waals surface area contributed by atoms with Gasteiger partial charge in [0, 0.05) is 0 Å². The van der Waals surface area contributed by atoms with Crippen LogP contribution in [0.2, 0.25) is 10.6 Å². The molecule has 0 saturated carbocycles. The molecule has 0 aromatic carbocycles. The molecule has 0 aliphatic rings. The normalized spacial score (nSPS) is 9.00. The van der Waals surface area contributed by atoms with Crippen LogP contribution in [0.15, 0.2) is 0 Å². The van der Waals surface area contributed by atoms with Crippen molar-refractivity contribution in [2.45, 2.75) is 50.2 Å². The summed E-state index contributed by atoms with van der Waals surface area (Å²) in [5.74, 6) is 0. The van der Waals surface area contributed by atoms with Crippen LogP contribution in [-0.4, -0.2) is 33.8 Å². The Balaban J connectivity index is 0. The molecule has 0 nitrogen and oxygen atoms in total. The third kappa shape index (κ3) is 11.9. The summed E-state index contributed by atoms with van der Waals surface area (Å²) in [7, 11) is 0. The van der Waals surface area contributed by atoms with E-state index in [1.54, 1.807) is 0 Å². The molecule has 0 bridgehead atoms. The van der Waals surface area contributed by atoms with E-state index in [1.165, 1.54) is 36.3 Å². The van der Waals surface area contributed by atoms with E-state index in [1.807, 2.05) is 0 Å². The molecule has 0 heterocycles. The first kappa shape index (κ1) is 13.7. The fourth-order valence-electron chi connectivity index (χ4n) is 0.595. The molecule has 0 aromatic rings. The Kier molecular flexibility index (Phi) is 17.5. The van der Waals surface area contributed by atoms with Gasteiger partial charge in [0.15, 0.2) is 0 Å². The van der Waals surface area contributed by atoms with Gasteiger partial charge in [-0.3, -0.25) is 0 Å². The van der Waals surface area contributed by atoms with E-state index >= 15 is 0 Å². The molecule has 0 saturated heterocycles. The summed E-state index contributed by atoms with van der Waals surface area (Å²) in [4.78, 5) is 0. The van der Waals surface area contributed by atoms with Crippen molar-refractivity contribution >= 4 is 33.8 Å². The number of hydrogen-bond acceptors (Lipinski definition) is 0. The first-order valence-electron chi connectivity index (χ1n) is 3.99. The molecule has 0 rings (SSSR count). The third-order valence-electron chi connectivity index (χ3n) is 1.28. The monoisotopic (exact) mass is 202 g/mol. The van der Waals surface area contributed by atoms with Crippen LogP contribution >= 0.6 is 0 Å². The second kappa shape index (κ2) is 12.8. The summed E-state index contributed by atoms with van der Waals surface area (Å²) in [6.07, 6.45) is 5.69. The zero-order valence-corrected chi connectivity index (χ0v) is 8.36. The van der Waals surface area contributed by atoms with Gasteiger partial charge < -0.3 is 0 Å². The molecule has 0 fully saturated rings. The van der Waals surface area contributed by atoms with Crippen LogP contribution in [0.5, 0.6) is 0 Å². The van der Waals surface area contributed by atoms with Gasteiger partial charge in [0.05, 0.1) is 0 Å². The number of hydrogen-bond donors (Lipinski definition) is 0. The molecule has 0 atom stereocenters. The van der Waals surface area contributed by atoms with Crippen molar-refractivity contribution in [2.24, 2.45) is 0 Å². The second-order valence-electron chi connectivity index (χ2n) is 2.32. The fraction of sp³-hybridized carbons (Fsp3) is 1.00. The zero-order valence-electron chi connectivity index (χ0n) is 6.65.